The third-order valence-corrected chi connectivity index (χ3v) is 3.19. The van der Waals surface area contributed by atoms with Crippen LogP contribution < -0.4 is 0 Å². The SMILES string of the molecule is Fc1cccc(F)c1/C=N/OCc1cccc2cccnc12. The van der Waals surface area contributed by atoms with Gasteiger partial charge in [-0.2, -0.15) is 0 Å². The maximum atomic E-state index is 13.4. The molecule has 0 unspecified atom stereocenters. The number of pyridine rings is 1. The van der Waals surface area contributed by atoms with Crippen LogP contribution in [0.5, 0.6) is 0 Å². The first-order valence-corrected chi connectivity index (χ1v) is 6.67. The molecule has 1 heterocycles. The Morgan fingerprint density at radius 2 is 1.73 bits per heavy atom. The first kappa shape index (κ1) is 14.1. The molecule has 0 saturated carbocycles. The van der Waals surface area contributed by atoms with Crippen molar-refractivity contribution in [1.29, 1.82) is 0 Å². The third-order valence-electron chi connectivity index (χ3n) is 3.19. The lowest BCUT2D eigenvalue weighted by atomic mass is 10.1. The molecular weight excluding hydrogens is 286 g/mol. The highest BCUT2D eigenvalue weighted by atomic mass is 19.1. The third kappa shape index (κ3) is 2.93. The van der Waals surface area contributed by atoms with Crippen LogP contribution in [0.4, 0.5) is 8.78 Å². The Hall–Kier alpha value is -2.82. The summed E-state index contributed by atoms with van der Waals surface area (Å²) in [6.45, 7) is 0.168. The molecule has 5 heteroatoms. The van der Waals surface area contributed by atoms with Crippen molar-refractivity contribution in [1.82, 2.24) is 4.98 Å². The van der Waals surface area contributed by atoms with Gasteiger partial charge in [0.1, 0.15) is 18.2 Å². The maximum absolute atomic E-state index is 13.4. The fraction of sp³-hybridized carbons (Fsp3) is 0.0588. The summed E-state index contributed by atoms with van der Waals surface area (Å²) in [7, 11) is 0. The van der Waals surface area contributed by atoms with Crippen LogP contribution >= 0.6 is 0 Å². The van der Waals surface area contributed by atoms with Gasteiger partial charge in [-0.3, -0.25) is 4.98 Å². The van der Waals surface area contributed by atoms with Crippen LogP contribution in [0.25, 0.3) is 10.9 Å². The van der Waals surface area contributed by atoms with Gasteiger partial charge in [0, 0.05) is 17.1 Å². The van der Waals surface area contributed by atoms with Crippen molar-refractivity contribution in [3.05, 3.63) is 77.5 Å². The standard InChI is InChI=1S/C17H12F2N2O/c18-15-7-2-8-16(19)14(15)10-21-22-11-13-5-1-4-12-6-3-9-20-17(12)13/h1-10H,11H2/b21-10+. The van der Waals surface area contributed by atoms with Gasteiger partial charge in [0.15, 0.2) is 0 Å². The van der Waals surface area contributed by atoms with Crippen LogP contribution in [0.3, 0.4) is 0 Å². The van der Waals surface area contributed by atoms with E-state index in [1.54, 1.807) is 6.20 Å². The quantitative estimate of drug-likeness (QED) is 0.537. The predicted molar refractivity (Wildman–Crippen MR) is 80.5 cm³/mol. The smallest absolute Gasteiger partial charge is 0.144 e. The molecule has 110 valence electrons. The zero-order valence-corrected chi connectivity index (χ0v) is 11.5. The summed E-state index contributed by atoms with van der Waals surface area (Å²) in [5.74, 6) is -1.36. The number of oxime groups is 1. The van der Waals surface area contributed by atoms with Crippen LogP contribution in [-0.4, -0.2) is 11.2 Å². The van der Waals surface area contributed by atoms with Gasteiger partial charge >= 0.3 is 0 Å². The Labute approximate surface area is 125 Å². The highest BCUT2D eigenvalue weighted by molar-refractivity contribution is 5.81. The molecule has 0 bridgehead atoms. The predicted octanol–water partition coefficient (Wildman–Crippen LogP) is 4.06. The van der Waals surface area contributed by atoms with Crippen LogP contribution in [0.1, 0.15) is 11.1 Å². The lowest BCUT2D eigenvalue weighted by Crippen LogP contribution is -1.95. The Bertz CT molecular complexity index is 808. The Balaban J connectivity index is 1.74. The summed E-state index contributed by atoms with van der Waals surface area (Å²) in [4.78, 5) is 9.43. The molecule has 0 fully saturated rings. The van der Waals surface area contributed by atoms with Crippen LogP contribution in [0.2, 0.25) is 0 Å². The lowest BCUT2D eigenvalue weighted by molar-refractivity contribution is 0.133. The highest BCUT2D eigenvalue weighted by Crippen LogP contribution is 2.16. The molecule has 0 saturated heterocycles. The highest BCUT2D eigenvalue weighted by Gasteiger charge is 2.05. The van der Waals surface area contributed by atoms with Gasteiger partial charge < -0.3 is 4.84 Å². The molecule has 2 aromatic carbocycles. The van der Waals surface area contributed by atoms with E-state index in [-0.39, 0.29) is 12.2 Å². The van der Waals surface area contributed by atoms with Crippen molar-refractivity contribution in [2.24, 2.45) is 5.16 Å². The normalized spacial score (nSPS) is 11.2. The average molecular weight is 298 g/mol. The van der Waals surface area contributed by atoms with Gasteiger partial charge in [-0.25, -0.2) is 8.78 Å². The lowest BCUT2D eigenvalue weighted by Gasteiger charge is -2.04. The fourth-order valence-electron chi connectivity index (χ4n) is 2.11. The van der Waals surface area contributed by atoms with E-state index >= 15 is 0 Å². The van der Waals surface area contributed by atoms with Crippen LogP contribution in [0, 0.1) is 11.6 Å². The largest absolute Gasteiger partial charge is 0.391 e. The number of hydrogen-bond donors (Lipinski definition) is 0. The number of aromatic nitrogens is 1. The minimum Gasteiger partial charge on any atom is -0.391 e. The molecule has 1 aromatic heterocycles. The summed E-state index contributed by atoms with van der Waals surface area (Å²) >= 11 is 0. The minimum absolute atomic E-state index is 0.168. The summed E-state index contributed by atoms with van der Waals surface area (Å²) in [6.07, 6.45) is 2.73. The van der Waals surface area contributed by atoms with E-state index in [4.69, 9.17) is 4.84 Å². The summed E-state index contributed by atoms with van der Waals surface area (Å²) in [6, 6.07) is 13.1. The van der Waals surface area contributed by atoms with E-state index in [2.05, 4.69) is 10.1 Å². The maximum Gasteiger partial charge on any atom is 0.144 e. The summed E-state index contributed by atoms with van der Waals surface area (Å²) < 4.78 is 26.8. The fourth-order valence-corrected chi connectivity index (χ4v) is 2.11. The van der Waals surface area contributed by atoms with Gasteiger partial charge in [0.05, 0.1) is 17.3 Å². The van der Waals surface area contributed by atoms with Gasteiger partial charge in [0.2, 0.25) is 0 Å². The monoisotopic (exact) mass is 298 g/mol. The molecule has 0 N–H and O–H groups in total. The van der Waals surface area contributed by atoms with E-state index in [0.29, 0.717) is 0 Å². The molecule has 0 aliphatic rings. The van der Waals surface area contributed by atoms with E-state index in [1.807, 2.05) is 30.3 Å². The Morgan fingerprint density at radius 1 is 1.00 bits per heavy atom. The second-order valence-corrected chi connectivity index (χ2v) is 4.64. The molecule has 0 atom stereocenters. The van der Waals surface area contributed by atoms with Gasteiger partial charge in [0.25, 0.3) is 0 Å². The molecule has 0 aliphatic heterocycles. The van der Waals surface area contributed by atoms with Crippen molar-refractivity contribution in [3.63, 3.8) is 0 Å². The summed E-state index contributed by atoms with van der Waals surface area (Å²) in [5.41, 5.74) is 1.44. The minimum atomic E-state index is -0.681. The summed E-state index contributed by atoms with van der Waals surface area (Å²) in [5, 5.41) is 4.63. The molecule has 22 heavy (non-hydrogen) atoms. The van der Waals surface area contributed by atoms with E-state index < -0.39 is 11.6 Å². The molecule has 0 radical (unpaired) electrons. The second kappa shape index (κ2) is 6.30. The molecule has 0 aliphatic carbocycles. The average Bonchev–Trinajstić information content (AvgIpc) is 2.54. The van der Waals surface area contributed by atoms with Gasteiger partial charge in [-0.1, -0.05) is 35.5 Å². The topological polar surface area (TPSA) is 34.5 Å². The number of rotatable bonds is 4. The zero-order chi connectivity index (χ0) is 15.4. The first-order valence-electron chi connectivity index (χ1n) is 6.67. The second-order valence-electron chi connectivity index (χ2n) is 4.64. The number of para-hydroxylation sites is 1. The molecular formula is C17H12F2N2O. The molecule has 0 amide bonds. The van der Waals surface area contributed by atoms with Crippen molar-refractivity contribution in [2.45, 2.75) is 6.61 Å². The first-order chi connectivity index (χ1) is 10.8. The van der Waals surface area contributed by atoms with E-state index in [0.717, 1.165) is 22.7 Å². The van der Waals surface area contributed by atoms with Gasteiger partial charge in [-0.05, 0) is 18.2 Å². The Morgan fingerprint density at radius 3 is 2.55 bits per heavy atom. The van der Waals surface area contributed by atoms with E-state index in [9.17, 15) is 8.78 Å². The Kier molecular flexibility index (Phi) is 4.05. The van der Waals surface area contributed by atoms with E-state index in [1.165, 1.54) is 18.2 Å². The van der Waals surface area contributed by atoms with Crippen LogP contribution in [-0.2, 0) is 11.4 Å². The number of nitrogens with zero attached hydrogens (tertiary/aromatic N) is 2. The van der Waals surface area contributed by atoms with Crippen LogP contribution in [0.15, 0.2) is 59.9 Å². The number of halogens is 2. The number of fused-ring (bicyclic) bond motifs is 1. The zero-order valence-electron chi connectivity index (χ0n) is 11.5. The van der Waals surface area contributed by atoms with Crippen molar-refractivity contribution >= 4 is 17.1 Å². The van der Waals surface area contributed by atoms with Crippen molar-refractivity contribution in [3.8, 4) is 0 Å². The number of hydrogen-bond acceptors (Lipinski definition) is 3. The molecule has 3 rings (SSSR count). The molecule has 3 nitrogen and oxygen atoms in total. The van der Waals surface area contributed by atoms with Crippen molar-refractivity contribution in [2.75, 3.05) is 0 Å². The van der Waals surface area contributed by atoms with Gasteiger partial charge in [-0.15, -0.1) is 0 Å². The van der Waals surface area contributed by atoms with Crippen molar-refractivity contribution < 1.29 is 13.6 Å². The molecule has 0 spiro atoms. The molecule has 3 aromatic rings. The number of benzene rings is 2.